The lowest BCUT2D eigenvalue weighted by Gasteiger charge is -2.12. The van der Waals surface area contributed by atoms with Crippen LogP contribution < -0.4 is 0 Å². The summed E-state index contributed by atoms with van der Waals surface area (Å²) in [5.41, 5.74) is 1.29. The molecule has 0 saturated heterocycles. The van der Waals surface area contributed by atoms with Gasteiger partial charge in [-0.3, -0.25) is 0 Å². The van der Waals surface area contributed by atoms with Gasteiger partial charge in [0.2, 0.25) is 0 Å². The van der Waals surface area contributed by atoms with Crippen LogP contribution in [0.5, 0.6) is 0 Å². The minimum Gasteiger partial charge on any atom is -0.234 e. The van der Waals surface area contributed by atoms with Crippen LogP contribution in [0, 0.1) is 0 Å². The first-order chi connectivity index (χ1) is 7.50. The Morgan fingerprint density at radius 2 is 1.88 bits per heavy atom. The molecule has 0 N–H and O–H groups in total. The van der Waals surface area contributed by atoms with E-state index in [2.05, 4.69) is 16.5 Å². The highest BCUT2D eigenvalue weighted by molar-refractivity contribution is 7.85. The number of hydrogen-bond donors (Lipinski definition) is 0. The van der Waals surface area contributed by atoms with Crippen molar-refractivity contribution in [2.45, 2.75) is 38.4 Å². The maximum atomic E-state index is 11.6. The van der Waals surface area contributed by atoms with Crippen molar-refractivity contribution in [3.05, 3.63) is 35.9 Å². The van der Waals surface area contributed by atoms with Gasteiger partial charge in [-0.15, -0.1) is 0 Å². The first-order valence-corrected chi connectivity index (χ1v) is 6.59. The summed E-state index contributed by atoms with van der Waals surface area (Å²) in [7, 11) is -1.13. The number of hydrogen-bond acceptors (Lipinski definition) is 1. The van der Waals surface area contributed by atoms with Gasteiger partial charge in [0.05, 0.1) is 4.75 Å². The smallest absolute Gasteiger partial charge is 0.144 e. The Labute approximate surface area is 100 Å². The first-order valence-electron chi connectivity index (χ1n) is 5.48. The van der Waals surface area contributed by atoms with Gasteiger partial charge in [0.1, 0.15) is 11.0 Å². The molecule has 1 aromatic carbocycles. The van der Waals surface area contributed by atoms with Gasteiger partial charge >= 0.3 is 0 Å². The molecule has 0 aliphatic rings. The molecule has 1 aromatic rings. The van der Waals surface area contributed by atoms with Crippen LogP contribution in [-0.2, 0) is 17.4 Å². The lowest BCUT2D eigenvalue weighted by atomic mass is 10.1. The Morgan fingerprint density at radius 3 is 2.44 bits per heavy atom. The van der Waals surface area contributed by atoms with Crippen molar-refractivity contribution in [2.24, 2.45) is 4.40 Å². The fourth-order valence-corrected chi connectivity index (χ4v) is 1.71. The SMILES string of the molecule is CC(C)(C)[S@](=O)N=CCCc1ccccc1. The third-order valence-electron chi connectivity index (χ3n) is 2.10. The molecule has 0 radical (unpaired) electrons. The molecule has 0 bridgehead atoms. The average Bonchev–Trinajstić information content (AvgIpc) is 2.24. The van der Waals surface area contributed by atoms with E-state index in [4.69, 9.17) is 0 Å². The number of benzene rings is 1. The fourth-order valence-electron chi connectivity index (χ4n) is 1.15. The average molecular weight is 237 g/mol. The Bertz CT molecular complexity index is 365. The summed E-state index contributed by atoms with van der Waals surface area (Å²) in [6.45, 7) is 5.78. The molecular formula is C13H19NOS. The van der Waals surface area contributed by atoms with Gasteiger partial charge in [-0.05, 0) is 39.2 Å². The summed E-state index contributed by atoms with van der Waals surface area (Å²) in [4.78, 5) is 0. The maximum Gasteiger partial charge on any atom is 0.144 e. The molecule has 0 spiro atoms. The second-order valence-electron chi connectivity index (χ2n) is 4.67. The molecule has 0 unspecified atom stereocenters. The molecule has 0 aliphatic carbocycles. The molecule has 1 atom stereocenters. The van der Waals surface area contributed by atoms with Crippen LogP contribution in [0.15, 0.2) is 34.7 Å². The van der Waals surface area contributed by atoms with E-state index in [0.29, 0.717) is 0 Å². The van der Waals surface area contributed by atoms with Gasteiger partial charge < -0.3 is 0 Å². The van der Waals surface area contributed by atoms with Crippen LogP contribution in [0.25, 0.3) is 0 Å². The Balaban J connectivity index is 2.37. The molecule has 16 heavy (non-hydrogen) atoms. The van der Waals surface area contributed by atoms with Gasteiger partial charge in [-0.25, -0.2) is 4.21 Å². The second-order valence-corrected chi connectivity index (χ2v) is 6.61. The van der Waals surface area contributed by atoms with Gasteiger partial charge in [0, 0.05) is 6.21 Å². The van der Waals surface area contributed by atoms with Crippen molar-refractivity contribution < 1.29 is 4.21 Å². The highest BCUT2D eigenvalue weighted by atomic mass is 32.2. The lowest BCUT2D eigenvalue weighted by Crippen LogP contribution is -2.19. The molecule has 2 nitrogen and oxygen atoms in total. The first kappa shape index (κ1) is 13.1. The highest BCUT2D eigenvalue weighted by Gasteiger charge is 2.17. The van der Waals surface area contributed by atoms with Crippen LogP contribution >= 0.6 is 0 Å². The monoisotopic (exact) mass is 237 g/mol. The Kier molecular flexibility index (Phi) is 4.87. The van der Waals surface area contributed by atoms with E-state index in [1.54, 1.807) is 6.21 Å². The third kappa shape index (κ3) is 4.71. The van der Waals surface area contributed by atoms with Crippen LogP contribution in [0.2, 0.25) is 0 Å². The maximum absolute atomic E-state index is 11.6. The minimum atomic E-state index is -1.13. The van der Waals surface area contributed by atoms with E-state index in [0.717, 1.165) is 12.8 Å². The highest BCUT2D eigenvalue weighted by Crippen LogP contribution is 2.11. The summed E-state index contributed by atoms with van der Waals surface area (Å²) >= 11 is 0. The molecule has 0 amide bonds. The number of nitrogens with zero attached hydrogens (tertiary/aromatic N) is 1. The zero-order valence-corrected chi connectivity index (χ0v) is 11.0. The molecule has 0 saturated carbocycles. The number of aryl methyl sites for hydroxylation is 1. The quantitative estimate of drug-likeness (QED) is 0.740. The van der Waals surface area contributed by atoms with Crippen molar-refractivity contribution in [1.29, 1.82) is 0 Å². The topological polar surface area (TPSA) is 29.4 Å². The predicted molar refractivity (Wildman–Crippen MR) is 71.2 cm³/mol. The van der Waals surface area contributed by atoms with Gasteiger partial charge in [-0.2, -0.15) is 4.40 Å². The largest absolute Gasteiger partial charge is 0.234 e. The third-order valence-corrected chi connectivity index (χ3v) is 3.49. The molecule has 0 aromatic heterocycles. The lowest BCUT2D eigenvalue weighted by molar-refractivity contribution is 0.650. The fraction of sp³-hybridized carbons (Fsp3) is 0.462. The zero-order valence-electron chi connectivity index (χ0n) is 10.1. The Hall–Kier alpha value is -0.960. The van der Waals surface area contributed by atoms with Gasteiger partial charge in [0.15, 0.2) is 0 Å². The zero-order chi connectivity index (χ0) is 12.0. The van der Waals surface area contributed by atoms with Crippen molar-refractivity contribution >= 4 is 17.2 Å². The summed E-state index contributed by atoms with van der Waals surface area (Å²) in [5.74, 6) is 0. The summed E-state index contributed by atoms with van der Waals surface area (Å²) < 4.78 is 15.4. The molecule has 0 fully saturated rings. The molecule has 0 heterocycles. The second kappa shape index (κ2) is 5.94. The van der Waals surface area contributed by atoms with Crippen LogP contribution in [0.4, 0.5) is 0 Å². The van der Waals surface area contributed by atoms with Crippen molar-refractivity contribution in [3.63, 3.8) is 0 Å². The van der Waals surface area contributed by atoms with Crippen molar-refractivity contribution in [3.8, 4) is 0 Å². The molecule has 1 rings (SSSR count). The Morgan fingerprint density at radius 1 is 1.25 bits per heavy atom. The van der Waals surface area contributed by atoms with E-state index in [1.165, 1.54) is 5.56 Å². The van der Waals surface area contributed by atoms with E-state index in [1.807, 2.05) is 39.0 Å². The predicted octanol–water partition coefficient (Wildman–Crippen LogP) is 3.15. The van der Waals surface area contributed by atoms with Crippen LogP contribution in [0.3, 0.4) is 0 Å². The van der Waals surface area contributed by atoms with Crippen molar-refractivity contribution in [1.82, 2.24) is 0 Å². The molecule has 0 aliphatic heterocycles. The van der Waals surface area contributed by atoms with E-state index >= 15 is 0 Å². The van der Waals surface area contributed by atoms with Gasteiger partial charge in [-0.1, -0.05) is 30.3 Å². The van der Waals surface area contributed by atoms with Gasteiger partial charge in [0.25, 0.3) is 0 Å². The van der Waals surface area contributed by atoms with Crippen LogP contribution in [-0.4, -0.2) is 15.2 Å². The van der Waals surface area contributed by atoms with E-state index in [9.17, 15) is 4.21 Å². The van der Waals surface area contributed by atoms with E-state index in [-0.39, 0.29) is 4.75 Å². The molecule has 3 heteroatoms. The summed E-state index contributed by atoms with van der Waals surface area (Å²) in [6, 6.07) is 10.2. The summed E-state index contributed by atoms with van der Waals surface area (Å²) in [6.07, 6.45) is 3.56. The van der Waals surface area contributed by atoms with Crippen LogP contribution in [0.1, 0.15) is 32.8 Å². The molecule has 88 valence electrons. The molecular weight excluding hydrogens is 218 g/mol. The standard InChI is InChI=1S/C13H19NOS/c1-13(2,3)16(15)14-11-7-10-12-8-5-4-6-9-12/h4-6,8-9,11H,7,10H2,1-3H3/t16-/m0/s1. The summed E-state index contributed by atoms with van der Waals surface area (Å²) in [5, 5.41) is 0. The normalized spacial score (nSPS) is 14.2. The minimum absolute atomic E-state index is 0.261. The number of rotatable bonds is 4. The van der Waals surface area contributed by atoms with Crippen molar-refractivity contribution in [2.75, 3.05) is 0 Å². The van der Waals surface area contributed by atoms with E-state index < -0.39 is 11.0 Å².